The van der Waals surface area contributed by atoms with E-state index in [4.69, 9.17) is 10.2 Å². The van der Waals surface area contributed by atoms with Crippen LogP contribution in [-0.4, -0.2) is 15.8 Å². The Morgan fingerprint density at radius 1 is 1.53 bits per heavy atom. The van der Waals surface area contributed by atoms with Crippen molar-refractivity contribution in [1.29, 1.82) is 0 Å². The second-order valence-corrected chi connectivity index (χ2v) is 5.56. The normalized spacial score (nSPS) is 12.8. The molecule has 19 heavy (non-hydrogen) atoms. The highest BCUT2D eigenvalue weighted by Gasteiger charge is 2.15. The van der Waals surface area contributed by atoms with Crippen LogP contribution in [0.15, 0.2) is 27.3 Å². The summed E-state index contributed by atoms with van der Waals surface area (Å²) in [6, 6.07) is 4.01. The topological polar surface area (TPSA) is 57.0 Å². The Labute approximate surface area is 122 Å². The van der Waals surface area contributed by atoms with Gasteiger partial charge in [0.15, 0.2) is 0 Å². The molecule has 5 heteroatoms. The molecule has 0 spiro atoms. The molecule has 0 fully saturated rings. The molecular weight excluding hydrogens is 306 g/mol. The number of nitrogens with zero attached hydrogens (tertiary/aromatic N) is 2. The van der Waals surface area contributed by atoms with Crippen LogP contribution in [-0.2, 0) is 26.3 Å². The number of nitrogens with two attached hydrogens (primary N) is 1. The van der Waals surface area contributed by atoms with Gasteiger partial charge in [0.2, 0.25) is 0 Å². The van der Waals surface area contributed by atoms with Crippen LogP contribution in [0.2, 0.25) is 0 Å². The molecule has 2 aromatic heterocycles. The zero-order valence-corrected chi connectivity index (χ0v) is 13.0. The van der Waals surface area contributed by atoms with E-state index < -0.39 is 0 Å². The smallest absolute Gasteiger partial charge is 0.103 e. The Balaban J connectivity index is 1.95. The van der Waals surface area contributed by atoms with E-state index in [1.54, 1.807) is 6.26 Å². The molecule has 0 amide bonds. The molecule has 104 valence electrons. The lowest BCUT2D eigenvalue weighted by Gasteiger charge is -2.11. The summed E-state index contributed by atoms with van der Waals surface area (Å²) in [7, 11) is 1.97. The Hall–Kier alpha value is -1.07. The van der Waals surface area contributed by atoms with Crippen LogP contribution in [0.3, 0.4) is 0 Å². The third kappa shape index (κ3) is 3.48. The van der Waals surface area contributed by atoms with E-state index in [-0.39, 0.29) is 6.04 Å². The van der Waals surface area contributed by atoms with Gasteiger partial charge in [0.25, 0.3) is 0 Å². The van der Waals surface area contributed by atoms with Crippen LogP contribution in [0.1, 0.15) is 30.5 Å². The summed E-state index contributed by atoms with van der Waals surface area (Å²) in [5.41, 5.74) is 8.47. The minimum atomic E-state index is 0.113. The number of furan rings is 1. The van der Waals surface area contributed by atoms with Crippen molar-refractivity contribution < 1.29 is 4.42 Å². The highest BCUT2D eigenvalue weighted by Crippen LogP contribution is 2.23. The quantitative estimate of drug-likeness (QED) is 0.888. The Morgan fingerprint density at radius 3 is 2.89 bits per heavy atom. The van der Waals surface area contributed by atoms with Gasteiger partial charge in [0, 0.05) is 25.9 Å². The van der Waals surface area contributed by atoms with Crippen molar-refractivity contribution in [2.45, 2.75) is 38.6 Å². The molecule has 4 nitrogen and oxygen atoms in total. The zero-order chi connectivity index (χ0) is 13.8. The lowest BCUT2D eigenvalue weighted by atomic mass is 10.1. The van der Waals surface area contributed by atoms with Gasteiger partial charge >= 0.3 is 0 Å². The van der Waals surface area contributed by atoms with Gasteiger partial charge in [0.1, 0.15) is 5.76 Å². The second-order valence-electron chi connectivity index (χ2n) is 4.77. The fourth-order valence-electron chi connectivity index (χ4n) is 2.17. The van der Waals surface area contributed by atoms with Gasteiger partial charge in [-0.15, -0.1) is 0 Å². The molecule has 1 unspecified atom stereocenters. The first kappa shape index (κ1) is 14.3. The van der Waals surface area contributed by atoms with Gasteiger partial charge in [-0.1, -0.05) is 6.92 Å². The van der Waals surface area contributed by atoms with Crippen LogP contribution in [0, 0.1) is 0 Å². The third-order valence-electron chi connectivity index (χ3n) is 3.30. The average Bonchev–Trinajstić information content (AvgIpc) is 2.99. The summed E-state index contributed by atoms with van der Waals surface area (Å²) in [5, 5.41) is 4.49. The lowest BCUT2D eigenvalue weighted by molar-refractivity contribution is 0.480. The van der Waals surface area contributed by atoms with Gasteiger partial charge in [-0.25, -0.2) is 0 Å². The highest BCUT2D eigenvalue weighted by molar-refractivity contribution is 9.10. The second kappa shape index (κ2) is 6.39. The molecule has 2 heterocycles. The van der Waals surface area contributed by atoms with Crippen LogP contribution in [0.5, 0.6) is 0 Å². The zero-order valence-electron chi connectivity index (χ0n) is 11.4. The summed E-state index contributed by atoms with van der Waals surface area (Å²) in [6.45, 7) is 2.10. The van der Waals surface area contributed by atoms with Crippen LogP contribution >= 0.6 is 15.9 Å². The van der Waals surface area contributed by atoms with E-state index in [0.29, 0.717) is 0 Å². The fourth-order valence-corrected chi connectivity index (χ4v) is 2.95. The van der Waals surface area contributed by atoms with E-state index in [0.717, 1.165) is 41.6 Å². The Kier molecular flexibility index (Phi) is 4.82. The SMILES string of the molecule is CCc1nn(C)c(CC(N)CCc2ccco2)c1Br. The Morgan fingerprint density at radius 2 is 2.32 bits per heavy atom. The minimum Gasteiger partial charge on any atom is -0.469 e. The number of hydrogen-bond acceptors (Lipinski definition) is 3. The maximum atomic E-state index is 6.21. The van der Waals surface area contributed by atoms with Crippen molar-refractivity contribution in [2.75, 3.05) is 0 Å². The monoisotopic (exact) mass is 325 g/mol. The summed E-state index contributed by atoms with van der Waals surface area (Å²) in [5.74, 6) is 0.994. The largest absolute Gasteiger partial charge is 0.469 e. The summed E-state index contributed by atoms with van der Waals surface area (Å²) in [4.78, 5) is 0. The first-order valence-electron chi connectivity index (χ1n) is 6.60. The molecule has 0 aromatic carbocycles. The van der Waals surface area contributed by atoms with Crippen LogP contribution in [0.4, 0.5) is 0 Å². The number of rotatable bonds is 6. The molecule has 0 saturated heterocycles. The number of hydrogen-bond donors (Lipinski definition) is 1. The molecule has 1 atom stereocenters. The maximum absolute atomic E-state index is 6.21. The van der Waals surface area contributed by atoms with Gasteiger partial charge in [-0.05, 0) is 40.9 Å². The van der Waals surface area contributed by atoms with Gasteiger partial charge in [0.05, 0.1) is 22.1 Å². The van der Waals surface area contributed by atoms with Gasteiger partial charge < -0.3 is 10.2 Å². The highest BCUT2D eigenvalue weighted by atomic mass is 79.9. The molecule has 0 aliphatic rings. The standard InChI is InChI=1S/C14H20BrN3O/c1-3-12-14(15)13(18(2)17-12)9-10(16)6-7-11-5-4-8-19-11/h4-5,8,10H,3,6-7,9,16H2,1-2H3. The predicted octanol–water partition coefficient (Wildman–Crippen LogP) is 2.84. The number of halogens is 1. The van der Waals surface area contributed by atoms with Crippen molar-refractivity contribution in [3.8, 4) is 0 Å². The van der Waals surface area contributed by atoms with E-state index in [1.807, 2.05) is 23.9 Å². The minimum absolute atomic E-state index is 0.113. The number of aromatic nitrogens is 2. The molecule has 0 aliphatic heterocycles. The van der Waals surface area contributed by atoms with Crippen molar-refractivity contribution in [2.24, 2.45) is 12.8 Å². The summed E-state index contributed by atoms with van der Waals surface area (Å²) in [6.07, 6.45) is 5.24. The van der Waals surface area contributed by atoms with Crippen molar-refractivity contribution >= 4 is 15.9 Å². The van der Waals surface area contributed by atoms with Gasteiger partial charge in [-0.3, -0.25) is 4.68 Å². The summed E-state index contributed by atoms with van der Waals surface area (Å²) < 4.78 is 8.35. The molecule has 0 aliphatic carbocycles. The van der Waals surface area contributed by atoms with E-state index in [1.165, 1.54) is 5.69 Å². The Bertz CT molecular complexity index is 519. The van der Waals surface area contributed by atoms with E-state index >= 15 is 0 Å². The van der Waals surface area contributed by atoms with Gasteiger partial charge in [-0.2, -0.15) is 5.10 Å². The maximum Gasteiger partial charge on any atom is 0.103 e. The van der Waals surface area contributed by atoms with Crippen molar-refractivity contribution in [3.63, 3.8) is 0 Å². The molecule has 2 aromatic rings. The molecule has 0 saturated carbocycles. The molecule has 0 bridgehead atoms. The molecule has 0 radical (unpaired) electrons. The lowest BCUT2D eigenvalue weighted by Crippen LogP contribution is -2.24. The first-order valence-corrected chi connectivity index (χ1v) is 7.39. The van der Waals surface area contributed by atoms with Crippen molar-refractivity contribution in [1.82, 2.24) is 9.78 Å². The van der Waals surface area contributed by atoms with Crippen LogP contribution in [0.25, 0.3) is 0 Å². The molecule has 2 rings (SSSR count). The molecular formula is C14H20BrN3O. The third-order valence-corrected chi connectivity index (χ3v) is 4.22. The van der Waals surface area contributed by atoms with Crippen molar-refractivity contribution in [3.05, 3.63) is 40.0 Å². The summed E-state index contributed by atoms with van der Waals surface area (Å²) >= 11 is 3.62. The number of aryl methyl sites for hydroxylation is 3. The van der Waals surface area contributed by atoms with E-state index in [2.05, 4.69) is 28.0 Å². The molecule has 2 N–H and O–H groups in total. The van der Waals surface area contributed by atoms with Crippen LogP contribution < -0.4 is 5.73 Å². The fraction of sp³-hybridized carbons (Fsp3) is 0.500. The predicted molar refractivity (Wildman–Crippen MR) is 79.0 cm³/mol. The average molecular weight is 326 g/mol. The first-order chi connectivity index (χ1) is 9.11. The van der Waals surface area contributed by atoms with E-state index in [9.17, 15) is 0 Å².